The molecule has 118 valence electrons. The molecule has 0 radical (unpaired) electrons. The van der Waals surface area contributed by atoms with Crippen molar-refractivity contribution in [3.63, 3.8) is 0 Å². The number of aliphatic hydroxyl groups is 2. The zero-order valence-corrected chi connectivity index (χ0v) is 11.4. The molecular formula is C11H14N5O6+. The Morgan fingerprint density at radius 1 is 1.50 bits per heavy atom. The minimum atomic E-state index is -1.61. The number of aromatic amines is 1. The van der Waals surface area contributed by atoms with Gasteiger partial charge in [0.2, 0.25) is 18.5 Å². The Kier molecular flexibility index (Phi) is 3.12. The molecule has 2 aromatic rings. The number of rotatable bonds is 2. The van der Waals surface area contributed by atoms with Gasteiger partial charge in [0.25, 0.3) is 11.2 Å². The summed E-state index contributed by atoms with van der Waals surface area (Å²) in [6.07, 6.45) is -4.50. The molecule has 0 bridgehead atoms. The molecular weight excluding hydrogens is 298 g/mol. The summed E-state index contributed by atoms with van der Waals surface area (Å²) in [6.45, 7) is 0. The lowest BCUT2D eigenvalue weighted by atomic mass is 10.1. The standard InChI is InChI=1S/C11H13N5O6/c1-15-2-16(7-3(15)8(19)14-11(12)13-7)9-5(18)4(17)6(22-9)10(20)21/h2,4-6,9,17-18H,1H3,(H3-,12,13,14,19,20,21)/p+1/t4-,5+,6-,9+/m0/s1. The number of H-pyrrole nitrogens is 1. The molecule has 0 amide bonds. The van der Waals surface area contributed by atoms with Crippen molar-refractivity contribution in [1.29, 1.82) is 0 Å². The van der Waals surface area contributed by atoms with E-state index in [0.29, 0.717) is 0 Å². The summed E-state index contributed by atoms with van der Waals surface area (Å²) in [7, 11) is 1.57. The highest BCUT2D eigenvalue weighted by Crippen LogP contribution is 2.30. The maximum absolute atomic E-state index is 11.9. The molecule has 11 nitrogen and oxygen atoms in total. The van der Waals surface area contributed by atoms with E-state index < -0.39 is 36.1 Å². The van der Waals surface area contributed by atoms with Gasteiger partial charge in [-0.3, -0.25) is 9.78 Å². The van der Waals surface area contributed by atoms with E-state index in [2.05, 4.69) is 9.97 Å². The van der Waals surface area contributed by atoms with Gasteiger partial charge in [0.15, 0.2) is 6.10 Å². The van der Waals surface area contributed by atoms with Gasteiger partial charge in [0.05, 0.1) is 7.05 Å². The van der Waals surface area contributed by atoms with Crippen LogP contribution in [-0.2, 0) is 16.6 Å². The Bertz CT molecular complexity index is 813. The molecule has 3 rings (SSSR count). The number of hydrogen-bond acceptors (Lipinski definition) is 7. The van der Waals surface area contributed by atoms with Crippen molar-refractivity contribution in [2.24, 2.45) is 7.05 Å². The molecule has 1 aliphatic rings. The number of carboxylic acids is 1. The fourth-order valence-electron chi connectivity index (χ4n) is 2.55. The second-order valence-electron chi connectivity index (χ2n) is 5.02. The minimum absolute atomic E-state index is 0.103. The van der Waals surface area contributed by atoms with Crippen molar-refractivity contribution >= 4 is 23.1 Å². The van der Waals surface area contributed by atoms with E-state index in [1.807, 2.05) is 0 Å². The summed E-state index contributed by atoms with van der Waals surface area (Å²) < 4.78 is 7.88. The summed E-state index contributed by atoms with van der Waals surface area (Å²) in [5, 5.41) is 28.8. The minimum Gasteiger partial charge on any atom is -0.479 e. The SMILES string of the molecule is C[n+]1cn([C@@H]2O[C@H](C(=O)O)[C@@H](O)[C@H]2O)c2nc(N)[nH]c(=O)c21. The third-order valence-electron chi connectivity index (χ3n) is 3.55. The molecule has 1 aliphatic heterocycles. The Labute approximate surface area is 122 Å². The lowest BCUT2D eigenvalue weighted by Gasteiger charge is -2.10. The monoisotopic (exact) mass is 312 g/mol. The van der Waals surface area contributed by atoms with Crippen LogP contribution in [0, 0.1) is 0 Å². The summed E-state index contributed by atoms with van der Waals surface area (Å²) in [5.74, 6) is -1.54. The molecule has 22 heavy (non-hydrogen) atoms. The van der Waals surface area contributed by atoms with Crippen molar-refractivity contribution < 1.29 is 29.4 Å². The number of nitrogens with two attached hydrogens (primary N) is 1. The molecule has 0 spiro atoms. The van der Waals surface area contributed by atoms with Gasteiger partial charge in [-0.2, -0.15) is 9.55 Å². The number of aliphatic hydroxyl groups excluding tert-OH is 2. The number of nitrogens with one attached hydrogen (secondary N) is 1. The van der Waals surface area contributed by atoms with E-state index in [0.717, 1.165) is 0 Å². The first-order chi connectivity index (χ1) is 10.3. The molecule has 4 atom stereocenters. The molecule has 0 aliphatic carbocycles. The number of aliphatic carboxylic acids is 1. The van der Waals surface area contributed by atoms with Crippen LogP contribution in [0.25, 0.3) is 11.2 Å². The van der Waals surface area contributed by atoms with Gasteiger partial charge in [0, 0.05) is 0 Å². The van der Waals surface area contributed by atoms with Gasteiger partial charge in [-0.25, -0.2) is 9.36 Å². The average Bonchev–Trinajstić information content (AvgIpc) is 2.89. The Morgan fingerprint density at radius 2 is 2.18 bits per heavy atom. The van der Waals surface area contributed by atoms with E-state index in [4.69, 9.17) is 15.6 Å². The van der Waals surface area contributed by atoms with Crippen LogP contribution in [0.5, 0.6) is 0 Å². The van der Waals surface area contributed by atoms with Crippen LogP contribution in [0.3, 0.4) is 0 Å². The topological polar surface area (TPSA) is 168 Å². The normalized spacial score (nSPS) is 28.3. The second-order valence-corrected chi connectivity index (χ2v) is 5.02. The van der Waals surface area contributed by atoms with Gasteiger partial charge >= 0.3 is 11.5 Å². The van der Waals surface area contributed by atoms with Crippen LogP contribution in [-0.4, -0.2) is 54.1 Å². The first-order valence-corrected chi connectivity index (χ1v) is 6.31. The van der Waals surface area contributed by atoms with Crippen LogP contribution in [0.4, 0.5) is 5.95 Å². The van der Waals surface area contributed by atoms with Crippen LogP contribution in [0.1, 0.15) is 6.23 Å². The molecule has 6 N–H and O–H groups in total. The number of carbonyl (C=O) groups is 1. The highest BCUT2D eigenvalue weighted by atomic mass is 16.6. The van der Waals surface area contributed by atoms with E-state index in [-0.39, 0.29) is 17.1 Å². The predicted octanol–water partition coefficient (Wildman–Crippen LogP) is -3.16. The number of carboxylic acid groups (broad SMARTS) is 1. The van der Waals surface area contributed by atoms with E-state index in [1.54, 1.807) is 7.05 Å². The van der Waals surface area contributed by atoms with Crippen molar-refractivity contribution in [1.82, 2.24) is 14.5 Å². The largest absolute Gasteiger partial charge is 0.479 e. The van der Waals surface area contributed by atoms with E-state index in [1.165, 1.54) is 15.5 Å². The number of nitrogens with zero attached hydrogens (tertiary/aromatic N) is 3. The number of aryl methyl sites for hydroxylation is 1. The second kappa shape index (κ2) is 4.76. The van der Waals surface area contributed by atoms with Crippen LogP contribution in [0.2, 0.25) is 0 Å². The number of imidazole rings is 1. The lowest BCUT2D eigenvalue weighted by Crippen LogP contribution is -2.36. The van der Waals surface area contributed by atoms with Crippen molar-refractivity contribution in [3.05, 3.63) is 16.7 Å². The molecule has 1 saturated heterocycles. The predicted molar refractivity (Wildman–Crippen MR) is 69.5 cm³/mol. The third kappa shape index (κ3) is 1.94. The third-order valence-corrected chi connectivity index (χ3v) is 3.55. The van der Waals surface area contributed by atoms with Gasteiger partial charge in [-0.1, -0.05) is 0 Å². The number of anilines is 1. The zero-order chi connectivity index (χ0) is 16.2. The van der Waals surface area contributed by atoms with Crippen LogP contribution >= 0.6 is 0 Å². The first kappa shape index (κ1) is 14.4. The van der Waals surface area contributed by atoms with Crippen LogP contribution < -0.4 is 15.9 Å². The Morgan fingerprint density at radius 3 is 2.77 bits per heavy atom. The van der Waals surface area contributed by atoms with Crippen LogP contribution in [0.15, 0.2) is 11.1 Å². The fraction of sp³-hybridized carbons (Fsp3) is 0.455. The zero-order valence-electron chi connectivity index (χ0n) is 11.4. The highest BCUT2D eigenvalue weighted by Gasteiger charge is 2.50. The quantitative estimate of drug-likeness (QED) is 0.362. The van der Waals surface area contributed by atoms with E-state index >= 15 is 0 Å². The first-order valence-electron chi connectivity index (χ1n) is 6.31. The van der Waals surface area contributed by atoms with E-state index in [9.17, 15) is 19.8 Å². The van der Waals surface area contributed by atoms with Gasteiger partial charge in [-0.05, 0) is 0 Å². The molecule has 1 fully saturated rings. The van der Waals surface area contributed by atoms with Crippen molar-refractivity contribution in [3.8, 4) is 0 Å². The van der Waals surface area contributed by atoms with Crippen molar-refractivity contribution in [2.75, 3.05) is 5.73 Å². The molecule has 3 heterocycles. The summed E-state index contributed by atoms with van der Waals surface area (Å²) in [5.41, 5.74) is 5.28. The lowest BCUT2D eigenvalue weighted by molar-refractivity contribution is -0.646. The molecule has 11 heteroatoms. The summed E-state index contributed by atoms with van der Waals surface area (Å²) in [4.78, 5) is 29.2. The highest BCUT2D eigenvalue weighted by molar-refractivity contribution is 5.74. The Hall–Kier alpha value is -2.50. The smallest absolute Gasteiger partial charge is 0.335 e. The van der Waals surface area contributed by atoms with Gasteiger partial charge in [-0.15, -0.1) is 0 Å². The number of fused-ring (bicyclic) bond motifs is 1. The maximum Gasteiger partial charge on any atom is 0.335 e. The van der Waals surface area contributed by atoms with Crippen molar-refractivity contribution in [2.45, 2.75) is 24.5 Å². The molecule has 2 aromatic heterocycles. The Balaban J connectivity index is 2.15. The molecule has 0 saturated carbocycles. The molecule has 0 aromatic carbocycles. The van der Waals surface area contributed by atoms with Gasteiger partial charge in [0.1, 0.15) is 12.2 Å². The maximum atomic E-state index is 11.9. The molecule has 0 unspecified atom stereocenters. The van der Waals surface area contributed by atoms with Gasteiger partial charge < -0.3 is 25.8 Å². The summed E-state index contributed by atoms with van der Waals surface area (Å²) in [6, 6.07) is 0. The number of aromatic nitrogens is 4. The number of ether oxygens (including phenoxy) is 1. The number of hydrogen-bond donors (Lipinski definition) is 5. The summed E-state index contributed by atoms with van der Waals surface area (Å²) >= 11 is 0. The number of nitrogen functional groups attached to an aromatic ring is 1. The average molecular weight is 312 g/mol. The fourth-order valence-corrected chi connectivity index (χ4v) is 2.55.